The monoisotopic (exact) mass is 332 g/mol. The average Bonchev–Trinajstić information content (AvgIpc) is 3.32. The first-order valence-corrected chi connectivity index (χ1v) is 8.30. The highest BCUT2D eigenvalue weighted by atomic mass is 16.3. The normalized spacial score (nSPS) is 24.9. The number of hydrogen-bond donors (Lipinski definition) is 1. The molecule has 0 spiro atoms. The van der Waals surface area contributed by atoms with Gasteiger partial charge < -0.3 is 9.73 Å². The molecule has 1 aromatic carbocycles. The molecule has 3 aromatic rings. The Bertz CT molecular complexity index is 943. The lowest BCUT2D eigenvalue weighted by atomic mass is 9.77. The molecule has 1 N–H and O–H groups in total. The Morgan fingerprint density at radius 1 is 1.16 bits per heavy atom. The number of benzene rings is 1. The smallest absolute Gasteiger partial charge is 0.226 e. The van der Waals surface area contributed by atoms with E-state index in [0.29, 0.717) is 12.4 Å². The van der Waals surface area contributed by atoms with Gasteiger partial charge in [-0.05, 0) is 17.7 Å². The molecule has 0 saturated heterocycles. The molecule has 5 rings (SSSR count). The van der Waals surface area contributed by atoms with E-state index in [9.17, 15) is 4.79 Å². The Labute approximate surface area is 144 Å². The van der Waals surface area contributed by atoms with Gasteiger partial charge in [0.1, 0.15) is 17.9 Å². The summed E-state index contributed by atoms with van der Waals surface area (Å²) in [6.45, 7) is 0. The van der Waals surface area contributed by atoms with Crippen molar-refractivity contribution in [2.75, 3.05) is 5.32 Å². The van der Waals surface area contributed by atoms with E-state index in [1.54, 1.807) is 6.26 Å². The van der Waals surface area contributed by atoms with Gasteiger partial charge in [0.05, 0.1) is 18.2 Å². The van der Waals surface area contributed by atoms with Crippen molar-refractivity contribution >= 4 is 11.7 Å². The van der Waals surface area contributed by atoms with Crippen LogP contribution < -0.4 is 5.32 Å². The molecule has 25 heavy (non-hydrogen) atoms. The van der Waals surface area contributed by atoms with Crippen molar-refractivity contribution < 1.29 is 9.21 Å². The second-order valence-electron chi connectivity index (χ2n) is 6.40. The third-order valence-corrected chi connectivity index (χ3v) is 4.94. The van der Waals surface area contributed by atoms with Crippen LogP contribution in [0.5, 0.6) is 0 Å². The SMILES string of the molecule is O=C1C[C@H](c2ccco2)C=C2Nc3ncnn3[C@H](c3ccccc3)[C@@H]12. The third kappa shape index (κ3) is 2.21. The van der Waals surface area contributed by atoms with Crippen LogP contribution in [-0.4, -0.2) is 20.5 Å². The lowest BCUT2D eigenvalue weighted by molar-refractivity contribution is -0.123. The number of Topliss-reactive ketones (excluding diaryl/α,β-unsaturated/α-hetero) is 1. The summed E-state index contributed by atoms with van der Waals surface area (Å²) in [6.07, 6.45) is 5.68. The van der Waals surface area contributed by atoms with E-state index in [1.807, 2.05) is 47.1 Å². The Balaban J connectivity index is 1.64. The minimum Gasteiger partial charge on any atom is -0.469 e. The number of anilines is 1. The number of carbonyl (C=O) groups is 1. The van der Waals surface area contributed by atoms with Crippen LogP contribution in [0, 0.1) is 5.92 Å². The molecule has 0 saturated carbocycles. The van der Waals surface area contributed by atoms with Crippen molar-refractivity contribution in [2.45, 2.75) is 18.4 Å². The van der Waals surface area contributed by atoms with Crippen LogP contribution in [0.15, 0.2) is 71.2 Å². The van der Waals surface area contributed by atoms with Gasteiger partial charge in [0.25, 0.3) is 0 Å². The minimum absolute atomic E-state index is 0.0489. The van der Waals surface area contributed by atoms with E-state index in [1.165, 1.54) is 6.33 Å². The van der Waals surface area contributed by atoms with Crippen LogP contribution in [0.4, 0.5) is 5.95 Å². The van der Waals surface area contributed by atoms with Gasteiger partial charge >= 0.3 is 0 Å². The Morgan fingerprint density at radius 3 is 2.84 bits per heavy atom. The number of aromatic nitrogens is 3. The molecule has 124 valence electrons. The van der Waals surface area contributed by atoms with Gasteiger partial charge in [0, 0.05) is 18.0 Å². The summed E-state index contributed by atoms with van der Waals surface area (Å²) in [5, 5.41) is 7.64. The van der Waals surface area contributed by atoms with Crippen LogP contribution >= 0.6 is 0 Å². The summed E-state index contributed by atoms with van der Waals surface area (Å²) < 4.78 is 7.32. The van der Waals surface area contributed by atoms with Crippen molar-refractivity contribution in [1.29, 1.82) is 0 Å². The van der Waals surface area contributed by atoms with Crippen LogP contribution in [0.1, 0.15) is 29.7 Å². The molecule has 1 aliphatic carbocycles. The summed E-state index contributed by atoms with van der Waals surface area (Å²) in [6, 6.07) is 13.6. The molecule has 2 aliphatic rings. The first-order valence-electron chi connectivity index (χ1n) is 8.30. The zero-order chi connectivity index (χ0) is 16.8. The highest BCUT2D eigenvalue weighted by Crippen LogP contribution is 2.43. The van der Waals surface area contributed by atoms with Crippen molar-refractivity contribution in [3.8, 4) is 0 Å². The van der Waals surface area contributed by atoms with E-state index in [0.717, 1.165) is 17.0 Å². The maximum Gasteiger partial charge on any atom is 0.226 e. The van der Waals surface area contributed by atoms with Gasteiger partial charge in [-0.2, -0.15) is 10.1 Å². The van der Waals surface area contributed by atoms with Gasteiger partial charge in [-0.15, -0.1) is 0 Å². The third-order valence-electron chi connectivity index (χ3n) is 4.94. The van der Waals surface area contributed by atoms with Gasteiger partial charge in [0.2, 0.25) is 5.95 Å². The minimum atomic E-state index is -0.289. The van der Waals surface area contributed by atoms with Gasteiger partial charge in [-0.25, -0.2) is 4.68 Å². The molecule has 3 atom stereocenters. The second-order valence-corrected chi connectivity index (χ2v) is 6.40. The molecule has 0 bridgehead atoms. The lowest BCUT2D eigenvalue weighted by Crippen LogP contribution is -2.40. The van der Waals surface area contributed by atoms with Crippen molar-refractivity contribution in [3.63, 3.8) is 0 Å². The first kappa shape index (κ1) is 14.2. The van der Waals surface area contributed by atoms with Crippen molar-refractivity contribution in [3.05, 3.63) is 78.2 Å². The molecule has 0 radical (unpaired) electrons. The number of ketones is 1. The lowest BCUT2D eigenvalue weighted by Gasteiger charge is -2.37. The van der Waals surface area contributed by atoms with E-state index in [2.05, 4.69) is 21.5 Å². The van der Waals surface area contributed by atoms with Gasteiger partial charge in [-0.3, -0.25) is 4.79 Å². The highest BCUT2D eigenvalue weighted by Gasteiger charge is 2.43. The molecule has 2 aromatic heterocycles. The van der Waals surface area contributed by atoms with Crippen molar-refractivity contribution in [2.24, 2.45) is 5.92 Å². The summed E-state index contributed by atoms with van der Waals surface area (Å²) in [7, 11) is 0. The number of allylic oxidation sites excluding steroid dienone is 2. The van der Waals surface area contributed by atoms with E-state index >= 15 is 0 Å². The summed E-state index contributed by atoms with van der Waals surface area (Å²) in [5.41, 5.74) is 1.93. The molecule has 3 heterocycles. The molecule has 0 amide bonds. The number of hydrogen-bond acceptors (Lipinski definition) is 5. The van der Waals surface area contributed by atoms with Gasteiger partial charge in [0.15, 0.2) is 0 Å². The fourth-order valence-electron chi connectivity index (χ4n) is 3.84. The fourth-order valence-corrected chi connectivity index (χ4v) is 3.84. The zero-order valence-electron chi connectivity index (χ0n) is 13.4. The Hall–Kier alpha value is -3.15. The quantitative estimate of drug-likeness (QED) is 0.780. The molecule has 0 fully saturated rings. The van der Waals surface area contributed by atoms with E-state index < -0.39 is 0 Å². The summed E-state index contributed by atoms with van der Waals surface area (Å²) >= 11 is 0. The summed E-state index contributed by atoms with van der Waals surface area (Å²) in [5.74, 6) is 1.31. The number of fused-ring (bicyclic) bond motifs is 2. The maximum atomic E-state index is 13.1. The second kappa shape index (κ2) is 5.44. The van der Waals surface area contributed by atoms with Crippen LogP contribution in [0.3, 0.4) is 0 Å². The fraction of sp³-hybridized carbons (Fsp3) is 0.211. The highest BCUT2D eigenvalue weighted by molar-refractivity contribution is 5.88. The van der Waals surface area contributed by atoms with E-state index in [4.69, 9.17) is 4.42 Å². The molecule has 0 unspecified atom stereocenters. The van der Waals surface area contributed by atoms with Crippen molar-refractivity contribution in [1.82, 2.24) is 14.8 Å². The van der Waals surface area contributed by atoms with Crippen LogP contribution in [-0.2, 0) is 4.79 Å². The van der Waals surface area contributed by atoms with Gasteiger partial charge in [-0.1, -0.05) is 36.4 Å². The Kier molecular flexibility index (Phi) is 3.09. The summed E-state index contributed by atoms with van der Waals surface area (Å²) in [4.78, 5) is 17.4. The number of nitrogens with one attached hydrogen (secondary N) is 1. The van der Waals surface area contributed by atoms with Crippen LogP contribution in [0.2, 0.25) is 0 Å². The number of carbonyl (C=O) groups excluding carboxylic acids is 1. The largest absolute Gasteiger partial charge is 0.469 e. The average molecular weight is 332 g/mol. The number of rotatable bonds is 2. The predicted octanol–water partition coefficient (Wildman–Crippen LogP) is 3.14. The maximum absolute atomic E-state index is 13.1. The molecular formula is C19H16N4O2. The molecular weight excluding hydrogens is 316 g/mol. The van der Waals surface area contributed by atoms with E-state index in [-0.39, 0.29) is 23.7 Å². The molecule has 1 aliphatic heterocycles. The topological polar surface area (TPSA) is 73.0 Å². The molecule has 6 heteroatoms. The molecule has 6 nitrogen and oxygen atoms in total. The van der Waals surface area contributed by atoms with Crippen LogP contribution in [0.25, 0.3) is 0 Å². The Morgan fingerprint density at radius 2 is 2.04 bits per heavy atom. The number of nitrogens with zero attached hydrogens (tertiary/aromatic N) is 3. The zero-order valence-corrected chi connectivity index (χ0v) is 13.4. The number of furan rings is 1. The predicted molar refractivity (Wildman–Crippen MR) is 90.9 cm³/mol. The standard InChI is InChI=1S/C19H16N4O2/c24-15-10-13(16-7-4-8-25-16)9-14-17(15)18(12-5-2-1-3-6-12)23-19(22-14)20-11-21-23/h1-9,11,13,17-18H,10H2,(H,20,21,22)/t13-,17-,18-/m1/s1. The first-order chi connectivity index (χ1) is 12.3.